The van der Waals surface area contributed by atoms with Crippen molar-refractivity contribution in [2.24, 2.45) is 0 Å². The SMILES string of the molecule is COc1ccc(-c2ccc(C(C)=O)cc2C)cc1-c1ccc(C)cc1CN1C(=O)O[C@H](c2ccc(Cl)s2)[C@@H]1C. The highest BCUT2D eigenvalue weighted by Crippen LogP contribution is 2.41. The van der Waals surface area contributed by atoms with Gasteiger partial charge >= 0.3 is 6.09 Å². The summed E-state index contributed by atoms with van der Waals surface area (Å²) in [5.41, 5.74) is 7.81. The van der Waals surface area contributed by atoms with E-state index in [0.29, 0.717) is 16.4 Å². The number of rotatable bonds is 7. The number of benzene rings is 3. The van der Waals surface area contributed by atoms with E-state index in [1.807, 2.05) is 63.2 Å². The molecule has 2 atom stereocenters. The minimum atomic E-state index is -0.359. The summed E-state index contributed by atoms with van der Waals surface area (Å²) in [5.74, 6) is 0.786. The predicted octanol–water partition coefficient (Wildman–Crippen LogP) is 8.65. The highest BCUT2D eigenvalue weighted by molar-refractivity contribution is 7.16. The van der Waals surface area contributed by atoms with Crippen LogP contribution in [0.3, 0.4) is 0 Å². The van der Waals surface area contributed by atoms with Gasteiger partial charge in [0.05, 0.1) is 24.0 Å². The van der Waals surface area contributed by atoms with Crippen molar-refractivity contribution in [3.8, 4) is 28.0 Å². The monoisotopic (exact) mass is 559 g/mol. The van der Waals surface area contributed by atoms with E-state index >= 15 is 0 Å². The maximum atomic E-state index is 13.0. The lowest BCUT2D eigenvalue weighted by molar-refractivity contribution is 0.101. The van der Waals surface area contributed by atoms with Crippen LogP contribution in [0.25, 0.3) is 22.3 Å². The van der Waals surface area contributed by atoms with E-state index in [-0.39, 0.29) is 24.0 Å². The molecule has 5 nitrogen and oxygen atoms in total. The Morgan fingerprint density at radius 1 is 1.00 bits per heavy atom. The largest absolute Gasteiger partial charge is 0.496 e. The fourth-order valence-electron chi connectivity index (χ4n) is 5.18. The standard InChI is InChI=1S/C32H30ClNO4S/c1-18-6-9-26(24(14-18)17-34-20(3)31(38-32(34)36)29-12-13-30(33)39-29)27-16-23(8-11-28(27)37-5)25-10-7-22(21(4)35)15-19(25)2/h6-16,20,31H,17H2,1-5H3/t20-,31-/m0/s1. The van der Waals surface area contributed by atoms with Gasteiger partial charge in [-0.2, -0.15) is 0 Å². The van der Waals surface area contributed by atoms with Crippen LogP contribution in [0.2, 0.25) is 4.34 Å². The van der Waals surface area contributed by atoms with Gasteiger partial charge in [0.1, 0.15) is 5.75 Å². The third kappa shape index (κ3) is 5.32. The van der Waals surface area contributed by atoms with Gasteiger partial charge in [0.2, 0.25) is 0 Å². The zero-order valence-electron chi connectivity index (χ0n) is 22.6. The first kappa shape index (κ1) is 27.0. The molecule has 5 rings (SSSR count). The molecule has 0 N–H and O–H groups in total. The third-order valence-electron chi connectivity index (χ3n) is 7.30. The van der Waals surface area contributed by atoms with Crippen LogP contribution in [-0.2, 0) is 11.3 Å². The molecule has 0 spiro atoms. The molecule has 200 valence electrons. The van der Waals surface area contributed by atoms with E-state index in [0.717, 1.165) is 49.6 Å². The van der Waals surface area contributed by atoms with Crippen LogP contribution in [0.15, 0.2) is 66.7 Å². The van der Waals surface area contributed by atoms with Crippen LogP contribution >= 0.6 is 22.9 Å². The van der Waals surface area contributed by atoms with Crippen LogP contribution < -0.4 is 4.74 Å². The molecule has 0 aliphatic carbocycles. The number of hydrogen-bond donors (Lipinski definition) is 0. The van der Waals surface area contributed by atoms with E-state index in [2.05, 4.69) is 24.3 Å². The molecular formula is C32H30ClNO4S. The lowest BCUT2D eigenvalue weighted by atomic mass is 9.91. The van der Waals surface area contributed by atoms with Crippen molar-refractivity contribution in [1.82, 2.24) is 4.90 Å². The minimum Gasteiger partial charge on any atom is -0.496 e. The molecule has 4 aromatic rings. The van der Waals surface area contributed by atoms with Gasteiger partial charge < -0.3 is 9.47 Å². The Morgan fingerprint density at radius 2 is 1.77 bits per heavy atom. The van der Waals surface area contributed by atoms with Crippen LogP contribution in [0, 0.1) is 13.8 Å². The molecule has 0 unspecified atom stereocenters. The number of nitrogens with zero attached hydrogens (tertiary/aromatic N) is 1. The average Bonchev–Trinajstić information content (AvgIpc) is 3.46. The van der Waals surface area contributed by atoms with Crippen LogP contribution in [0.5, 0.6) is 5.75 Å². The molecule has 2 heterocycles. The summed E-state index contributed by atoms with van der Waals surface area (Å²) < 4.78 is 12.2. The number of aryl methyl sites for hydroxylation is 2. The van der Waals surface area contributed by atoms with Gasteiger partial charge in [0, 0.05) is 16.0 Å². The van der Waals surface area contributed by atoms with Crippen molar-refractivity contribution in [2.45, 2.75) is 46.4 Å². The van der Waals surface area contributed by atoms with Crippen molar-refractivity contribution in [1.29, 1.82) is 0 Å². The number of hydrogen-bond acceptors (Lipinski definition) is 5. The Hall–Kier alpha value is -3.61. The summed E-state index contributed by atoms with van der Waals surface area (Å²) in [6.45, 7) is 8.04. The quantitative estimate of drug-likeness (QED) is 0.213. The van der Waals surface area contributed by atoms with Gasteiger partial charge in [-0.25, -0.2) is 4.79 Å². The second-order valence-corrected chi connectivity index (χ2v) is 11.7. The maximum Gasteiger partial charge on any atom is 0.411 e. The first-order valence-electron chi connectivity index (χ1n) is 12.8. The summed E-state index contributed by atoms with van der Waals surface area (Å²) in [6.07, 6.45) is -0.701. The third-order valence-corrected chi connectivity index (χ3v) is 8.59. The van der Waals surface area contributed by atoms with Crippen LogP contribution in [0.1, 0.15) is 51.9 Å². The first-order valence-corrected chi connectivity index (χ1v) is 14.0. The van der Waals surface area contributed by atoms with E-state index < -0.39 is 0 Å². The number of carbonyl (C=O) groups is 2. The molecular weight excluding hydrogens is 530 g/mol. The molecule has 1 fully saturated rings. The summed E-state index contributed by atoms with van der Waals surface area (Å²) >= 11 is 7.59. The number of halogens is 1. The second kappa shape index (κ2) is 10.9. The second-order valence-electron chi connectivity index (χ2n) is 9.98. The highest BCUT2D eigenvalue weighted by Gasteiger charge is 2.40. The zero-order chi connectivity index (χ0) is 27.8. The van der Waals surface area contributed by atoms with Gasteiger partial charge in [-0.15, -0.1) is 11.3 Å². The van der Waals surface area contributed by atoms with Gasteiger partial charge in [-0.1, -0.05) is 53.6 Å². The number of ether oxygens (including phenoxy) is 2. The molecule has 7 heteroatoms. The molecule has 1 amide bonds. The van der Waals surface area contributed by atoms with E-state index in [1.54, 1.807) is 18.9 Å². The summed E-state index contributed by atoms with van der Waals surface area (Å²) in [6, 6.07) is 21.8. The van der Waals surface area contributed by atoms with Crippen molar-refractivity contribution in [3.05, 3.63) is 98.2 Å². The van der Waals surface area contributed by atoms with Crippen molar-refractivity contribution in [2.75, 3.05) is 7.11 Å². The predicted molar refractivity (Wildman–Crippen MR) is 157 cm³/mol. The molecule has 0 radical (unpaired) electrons. The summed E-state index contributed by atoms with van der Waals surface area (Å²) in [4.78, 5) is 27.6. The maximum absolute atomic E-state index is 13.0. The number of amides is 1. The number of thiophene rings is 1. The van der Waals surface area contributed by atoms with E-state index in [9.17, 15) is 9.59 Å². The molecule has 39 heavy (non-hydrogen) atoms. The van der Waals surface area contributed by atoms with Gasteiger partial charge in [0.25, 0.3) is 0 Å². The molecule has 1 aliphatic rings. The lowest BCUT2D eigenvalue weighted by Gasteiger charge is -2.23. The molecule has 1 aliphatic heterocycles. The number of carbonyl (C=O) groups excluding carboxylic acids is 2. The topological polar surface area (TPSA) is 55.8 Å². The smallest absolute Gasteiger partial charge is 0.411 e. The average molecular weight is 560 g/mol. The fourth-order valence-corrected chi connectivity index (χ4v) is 6.37. The van der Waals surface area contributed by atoms with Gasteiger partial charge in [0.15, 0.2) is 11.9 Å². The Kier molecular flexibility index (Phi) is 7.52. The molecule has 1 saturated heterocycles. The molecule has 0 saturated carbocycles. The summed E-state index contributed by atoms with van der Waals surface area (Å²) in [5, 5.41) is 0. The minimum absolute atomic E-state index is 0.0449. The highest BCUT2D eigenvalue weighted by atomic mass is 35.5. The Balaban J connectivity index is 1.53. The van der Waals surface area contributed by atoms with Crippen LogP contribution in [0.4, 0.5) is 4.79 Å². The lowest BCUT2D eigenvalue weighted by Crippen LogP contribution is -2.31. The summed E-state index contributed by atoms with van der Waals surface area (Å²) in [7, 11) is 1.66. The molecule has 1 aromatic heterocycles. The zero-order valence-corrected chi connectivity index (χ0v) is 24.2. The van der Waals surface area contributed by atoms with Crippen LogP contribution in [-0.4, -0.2) is 29.9 Å². The molecule has 0 bridgehead atoms. The van der Waals surface area contributed by atoms with Gasteiger partial charge in [-0.05, 0) is 85.8 Å². The Labute approximate surface area is 237 Å². The van der Waals surface area contributed by atoms with Crippen molar-refractivity contribution in [3.63, 3.8) is 0 Å². The van der Waals surface area contributed by atoms with Crippen molar-refractivity contribution >= 4 is 34.8 Å². The normalized spacial score (nSPS) is 16.9. The number of cyclic esters (lactones) is 1. The number of methoxy groups -OCH3 is 1. The Morgan fingerprint density at radius 3 is 2.44 bits per heavy atom. The fraction of sp³-hybridized carbons (Fsp3) is 0.250. The van der Waals surface area contributed by atoms with Gasteiger partial charge in [-0.3, -0.25) is 9.69 Å². The van der Waals surface area contributed by atoms with E-state index in [1.165, 1.54) is 11.3 Å². The molecule has 3 aromatic carbocycles. The van der Waals surface area contributed by atoms with E-state index in [4.69, 9.17) is 21.1 Å². The number of ketones is 1. The number of Topliss-reactive ketones (excluding diaryl/α,β-unsaturated/α-hetero) is 1. The van der Waals surface area contributed by atoms with Crippen molar-refractivity contribution < 1.29 is 19.1 Å². The Bertz CT molecular complexity index is 1580. The first-order chi connectivity index (χ1) is 18.7.